The zero-order valence-corrected chi connectivity index (χ0v) is 11.5. The van der Waals surface area contributed by atoms with Crippen LogP contribution in [0, 0.1) is 5.92 Å². The number of pyridine rings is 1. The average molecular weight is 278 g/mol. The summed E-state index contributed by atoms with van der Waals surface area (Å²) in [4.78, 5) is 4.05. The topological polar surface area (TPSA) is 104 Å². The molecule has 1 saturated carbocycles. The highest BCUT2D eigenvalue weighted by Gasteiger charge is 2.18. The van der Waals surface area contributed by atoms with Gasteiger partial charge in [-0.05, 0) is 55.8 Å². The van der Waals surface area contributed by atoms with E-state index >= 15 is 0 Å². The molecule has 0 radical (unpaired) electrons. The molecule has 1 aromatic heterocycles. The number of nitrogens with zero attached hydrogens (tertiary/aromatic N) is 2. The van der Waals surface area contributed by atoms with E-state index in [4.69, 9.17) is 10.9 Å². The molecule has 0 unspecified atom stereocenters. The van der Waals surface area contributed by atoms with E-state index in [1.54, 1.807) is 6.20 Å². The minimum absolute atomic E-state index is 0.0214. The third-order valence-electron chi connectivity index (χ3n) is 3.77. The second kappa shape index (κ2) is 7.21. The number of aromatic nitrogens is 1. The van der Waals surface area contributed by atoms with Crippen LogP contribution in [0.5, 0.6) is 0 Å². The standard InChI is InChI=1S/C14H22N4O2/c15-14(18-20)13-7-11(5-6-17-13)9-16-8-10-1-3-12(19)4-2-10/h5-7,10,12,16,19-20H,1-4,8-9H2,(H2,15,18). The Morgan fingerprint density at radius 1 is 1.40 bits per heavy atom. The van der Waals surface area contributed by atoms with Crippen LogP contribution in [-0.4, -0.2) is 33.8 Å². The molecule has 0 bridgehead atoms. The van der Waals surface area contributed by atoms with Gasteiger partial charge in [0.1, 0.15) is 5.69 Å². The van der Waals surface area contributed by atoms with Crippen LogP contribution in [0.15, 0.2) is 23.5 Å². The highest BCUT2D eigenvalue weighted by molar-refractivity contribution is 5.95. The van der Waals surface area contributed by atoms with Crippen molar-refractivity contribution in [2.45, 2.75) is 38.3 Å². The highest BCUT2D eigenvalue weighted by atomic mass is 16.4. The summed E-state index contributed by atoms with van der Waals surface area (Å²) in [5.74, 6) is 0.664. The van der Waals surface area contributed by atoms with Crippen molar-refractivity contribution < 1.29 is 10.3 Å². The summed E-state index contributed by atoms with van der Waals surface area (Å²) in [6.07, 6.45) is 5.54. The van der Waals surface area contributed by atoms with E-state index < -0.39 is 0 Å². The molecule has 0 aliphatic heterocycles. The van der Waals surface area contributed by atoms with Crippen LogP contribution in [0.1, 0.15) is 36.9 Å². The van der Waals surface area contributed by atoms with Gasteiger partial charge in [-0.25, -0.2) is 0 Å². The van der Waals surface area contributed by atoms with Gasteiger partial charge >= 0.3 is 0 Å². The largest absolute Gasteiger partial charge is 0.409 e. The number of nitrogens with two attached hydrogens (primary N) is 1. The van der Waals surface area contributed by atoms with Crippen molar-refractivity contribution in [3.8, 4) is 0 Å². The van der Waals surface area contributed by atoms with Gasteiger partial charge in [-0.2, -0.15) is 0 Å². The third-order valence-corrected chi connectivity index (χ3v) is 3.77. The number of nitrogens with one attached hydrogen (secondary N) is 1. The number of hydrogen-bond donors (Lipinski definition) is 4. The highest BCUT2D eigenvalue weighted by Crippen LogP contribution is 2.23. The first-order valence-electron chi connectivity index (χ1n) is 7.00. The Bertz CT molecular complexity index is 456. The van der Waals surface area contributed by atoms with Gasteiger partial charge in [0.05, 0.1) is 6.10 Å². The monoisotopic (exact) mass is 278 g/mol. The molecular weight excluding hydrogens is 256 g/mol. The van der Waals surface area contributed by atoms with Crippen molar-refractivity contribution in [2.75, 3.05) is 6.54 Å². The zero-order chi connectivity index (χ0) is 14.4. The molecule has 2 rings (SSSR count). The van der Waals surface area contributed by atoms with Gasteiger partial charge in [-0.3, -0.25) is 4.98 Å². The number of aliphatic hydroxyl groups is 1. The van der Waals surface area contributed by atoms with E-state index in [1.165, 1.54) is 0 Å². The summed E-state index contributed by atoms with van der Waals surface area (Å²) in [6.45, 7) is 1.68. The van der Waals surface area contributed by atoms with Crippen LogP contribution in [0.4, 0.5) is 0 Å². The van der Waals surface area contributed by atoms with E-state index in [2.05, 4.69) is 15.5 Å². The number of aliphatic hydroxyl groups excluding tert-OH is 1. The Balaban J connectivity index is 1.79. The number of oxime groups is 1. The number of hydrogen-bond acceptors (Lipinski definition) is 5. The second-order valence-electron chi connectivity index (χ2n) is 5.34. The predicted octanol–water partition coefficient (Wildman–Crippen LogP) is 0.817. The molecule has 1 aliphatic carbocycles. The van der Waals surface area contributed by atoms with Crippen molar-refractivity contribution in [1.29, 1.82) is 0 Å². The maximum atomic E-state index is 9.47. The molecule has 20 heavy (non-hydrogen) atoms. The maximum absolute atomic E-state index is 9.47. The molecule has 1 aromatic rings. The molecule has 1 heterocycles. The van der Waals surface area contributed by atoms with Gasteiger partial charge in [0.15, 0.2) is 5.84 Å². The summed E-state index contributed by atoms with van der Waals surface area (Å²) < 4.78 is 0. The van der Waals surface area contributed by atoms with Crippen LogP contribution in [0.25, 0.3) is 0 Å². The lowest BCUT2D eigenvalue weighted by atomic mass is 9.87. The van der Waals surface area contributed by atoms with Crippen molar-refractivity contribution >= 4 is 5.84 Å². The Morgan fingerprint density at radius 3 is 2.85 bits per heavy atom. The molecule has 0 spiro atoms. The van der Waals surface area contributed by atoms with Gasteiger partial charge in [-0.1, -0.05) is 5.16 Å². The van der Waals surface area contributed by atoms with Crippen molar-refractivity contribution in [2.24, 2.45) is 16.8 Å². The maximum Gasteiger partial charge on any atom is 0.188 e. The van der Waals surface area contributed by atoms with Gasteiger partial charge < -0.3 is 21.4 Å². The molecule has 0 aromatic carbocycles. The first-order valence-corrected chi connectivity index (χ1v) is 7.00. The van der Waals surface area contributed by atoms with E-state index in [1.807, 2.05) is 12.1 Å². The minimum Gasteiger partial charge on any atom is -0.409 e. The zero-order valence-electron chi connectivity index (χ0n) is 11.5. The molecule has 0 amide bonds. The Labute approximate surface area is 118 Å². The lowest BCUT2D eigenvalue weighted by molar-refractivity contribution is 0.108. The summed E-state index contributed by atoms with van der Waals surface area (Å²) in [5, 5.41) is 24.5. The van der Waals surface area contributed by atoms with Crippen LogP contribution in [0.2, 0.25) is 0 Å². The Kier molecular flexibility index (Phi) is 5.31. The number of rotatable bonds is 5. The molecule has 0 saturated heterocycles. The summed E-state index contributed by atoms with van der Waals surface area (Å²) >= 11 is 0. The van der Waals surface area contributed by atoms with E-state index in [0.717, 1.165) is 44.3 Å². The summed E-state index contributed by atoms with van der Waals surface area (Å²) in [7, 11) is 0. The van der Waals surface area contributed by atoms with Gasteiger partial charge in [-0.15, -0.1) is 0 Å². The first kappa shape index (κ1) is 14.7. The normalized spacial score (nSPS) is 23.8. The van der Waals surface area contributed by atoms with Gasteiger partial charge in [0, 0.05) is 12.7 Å². The molecule has 5 N–H and O–H groups in total. The fourth-order valence-electron chi connectivity index (χ4n) is 2.55. The lowest BCUT2D eigenvalue weighted by Gasteiger charge is -2.25. The average Bonchev–Trinajstić information content (AvgIpc) is 2.49. The smallest absolute Gasteiger partial charge is 0.188 e. The SMILES string of the molecule is N/C(=N/O)c1cc(CNCC2CCC(O)CC2)ccn1. The van der Waals surface area contributed by atoms with Crippen LogP contribution in [-0.2, 0) is 6.54 Å². The molecule has 0 atom stereocenters. The molecule has 6 heteroatoms. The van der Waals surface area contributed by atoms with E-state index in [0.29, 0.717) is 11.6 Å². The second-order valence-corrected chi connectivity index (χ2v) is 5.34. The van der Waals surface area contributed by atoms with Gasteiger partial charge in [0.25, 0.3) is 0 Å². The fraction of sp³-hybridized carbons (Fsp3) is 0.571. The van der Waals surface area contributed by atoms with E-state index in [-0.39, 0.29) is 11.9 Å². The lowest BCUT2D eigenvalue weighted by Crippen LogP contribution is -2.27. The fourth-order valence-corrected chi connectivity index (χ4v) is 2.55. The van der Waals surface area contributed by atoms with Crippen LogP contribution >= 0.6 is 0 Å². The minimum atomic E-state index is -0.102. The van der Waals surface area contributed by atoms with Crippen molar-refractivity contribution in [3.05, 3.63) is 29.6 Å². The molecule has 6 nitrogen and oxygen atoms in total. The van der Waals surface area contributed by atoms with Gasteiger partial charge in [0.2, 0.25) is 0 Å². The Morgan fingerprint density at radius 2 is 2.15 bits per heavy atom. The van der Waals surface area contributed by atoms with E-state index in [9.17, 15) is 5.11 Å². The first-order chi connectivity index (χ1) is 9.69. The predicted molar refractivity (Wildman–Crippen MR) is 76.4 cm³/mol. The molecule has 1 fully saturated rings. The number of amidine groups is 1. The summed E-state index contributed by atoms with van der Waals surface area (Å²) in [6, 6.07) is 3.72. The molecule has 110 valence electrons. The third kappa shape index (κ3) is 4.18. The van der Waals surface area contributed by atoms with Crippen molar-refractivity contribution in [1.82, 2.24) is 10.3 Å². The summed E-state index contributed by atoms with van der Waals surface area (Å²) in [5.41, 5.74) is 7.05. The molecular formula is C14H22N4O2. The van der Waals surface area contributed by atoms with Crippen LogP contribution in [0.3, 0.4) is 0 Å². The van der Waals surface area contributed by atoms with Crippen LogP contribution < -0.4 is 11.1 Å². The van der Waals surface area contributed by atoms with Crippen molar-refractivity contribution in [3.63, 3.8) is 0 Å². The molecule has 1 aliphatic rings. The Hall–Kier alpha value is -1.66. The quantitative estimate of drug-likeness (QED) is 0.276.